The first kappa shape index (κ1) is 8.75. The number of hydrogen-bond donors (Lipinski definition) is 1. The summed E-state index contributed by atoms with van der Waals surface area (Å²) in [5, 5.41) is 9.04. The van der Waals surface area contributed by atoms with Crippen LogP contribution in [-0.2, 0) is 4.79 Å². The Balaban J connectivity index is 1.65. The topological polar surface area (TPSA) is 37.3 Å². The molecule has 4 aliphatic rings. The van der Waals surface area contributed by atoms with Crippen LogP contribution in [0.25, 0.3) is 0 Å². The molecule has 0 unspecified atom stereocenters. The third-order valence-electron chi connectivity index (χ3n) is 5.00. The molecule has 0 aromatic rings. The minimum absolute atomic E-state index is 0.253. The van der Waals surface area contributed by atoms with Crippen molar-refractivity contribution in [1.29, 1.82) is 0 Å². The lowest BCUT2D eigenvalue weighted by Crippen LogP contribution is -2.68. The molecular weight excluding hydrogens is 176 g/mol. The highest BCUT2D eigenvalue weighted by atomic mass is 16.4. The van der Waals surface area contributed by atoms with Crippen LogP contribution >= 0.6 is 0 Å². The zero-order chi connectivity index (χ0) is 9.81. The SMILES string of the molecule is O=C(O)C12CC(C3CCCCC3)(C1)C2. The molecule has 0 aliphatic heterocycles. The van der Waals surface area contributed by atoms with Crippen molar-refractivity contribution in [1.82, 2.24) is 0 Å². The Morgan fingerprint density at radius 1 is 1.07 bits per heavy atom. The Kier molecular flexibility index (Phi) is 1.58. The van der Waals surface area contributed by atoms with Gasteiger partial charge in [0.2, 0.25) is 0 Å². The molecule has 4 fully saturated rings. The van der Waals surface area contributed by atoms with Gasteiger partial charge < -0.3 is 5.11 Å². The zero-order valence-corrected chi connectivity index (χ0v) is 8.59. The predicted octanol–water partition coefficient (Wildman–Crippen LogP) is 2.82. The minimum atomic E-state index is -0.532. The van der Waals surface area contributed by atoms with Gasteiger partial charge in [-0.2, -0.15) is 0 Å². The number of hydrogen-bond acceptors (Lipinski definition) is 1. The lowest BCUT2D eigenvalue weighted by molar-refractivity contribution is -0.246. The van der Waals surface area contributed by atoms with E-state index >= 15 is 0 Å². The van der Waals surface area contributed by atoms with E-state index in [2.05, 4.69) is 0 Å². The smallest absolute Gasteiger partial charge is 0.309 e. The van der Waals surface area contributed by atoms with Crippen molar-refractivity contribution >= 4 is 5.97 Å². The summed E-state index contributed by atoms with van der Waals surface area (Å²) in [5.41, 5.74) is 0.246. The molecule has 1 N–H and O–H groups in total. The number of carboxylic acid groups (broad SMARTS) is 1. The van der Waals surface area contributed by atoms with Crippen LogP contribution in [-0.4, -0.2) is 11.1 Å². The molecular formula is C12H18O2. The van der Waals surface area contributed by atoms with Gasteiger partial charge in [-0.15, -0.1) is 0 Å². The van der Waals surface area contributed by atoms with E-state index in [1.165, 1.54) is 32.1 Å². The molecule has 0 atom stereocenters. The third-order valence-corrected chi connectivity index (χ3v) is 5.00. The summed E-state index contributed by atoms with van der Waals surface area (Å²) in [6, 6.07) is 0. The Hall–Kier alpha value is -0.530. The van der Waals surface area contributed by atoms with E-state index < -0.39 is 5.97 Å². The maximum Gasteiger partial charge on any atom is 0.309 e. The van der Waals surface area contributed by atoms with Gasteiger partial charge in [-0.1, -0.05) is 19.3 Å². The highest BCUT2D eigenvalue weighted by molar-refractivity contribution is 5.79. The lowest BCUT2D eigenvalue weighted by atomic mass is 9.31. The molecule has 78 valence electrons. The van der Waals surface area contributed by atoms with Crippen molar-refractivity contribution in [2.45, 2.75) is 51.4 Å². The maximum absolute atomic E-state index is 11.0. The minimum Gasteiger partial charge on any atom is -0.481 e. The Bertz CT molecular complexity index is 256. The molecule has 0 aromatic carbocycles. The summed E-state index contributed by atoms with van der Waals surface area (Å²) in [7, 11) is 0. The average Bonchev–Trinajstić information content (AvgIpc) is 2.00. The van der Waals surface area contributed by atoms with E-state index in [1.807, 2.05) is 0 Å². The van der Waals surface area contributed by atoms with Gasteiger partial charge in [0.05, 0.1) is 5.41 Å². The first-order chi connectivity index (χ1) is 6.67. The Morgan fingerprint density at radius 2 is 1.64 bits per heavy atom. The van der Waals surface area contributed by atoms with E-state index in [9.17, 15) is 4.79 Å². The highest BCUT2D eigenvalue weighted by Gasteiger charge is 2.73. The molecule has 4 saturated carbocycles. The standard InChI is InChI=1S/C12H18O2/c13-10(14)12-6-11(7-12,8-12)9-4-2-1-3-5-9/h9H,1-8H2,(H,13,14). The molecule has 4 rings (SSSR count). The number of carbonyl (C=O) groups is 1. The first-order valence-corrected chi connectivity index (χ1v) is 5.90. The second kappa shape index (κ2) is 2.53. The Morgan fingerprint density at radius 3 is 2.14 bits per heavy atom. The molecule has 0 heterocycles. The van der Waals surface area contributed by atoms with Gasteiger partial charge in [0.25, 0.3) is 0 Å². The summed E-state index contributed by atoms with van der Waals surface area (Å²) in [5.74, 6) is 0.340. The van der Waals surface area contributed by atoms with Crippen LogP contribution in [0.1, 0.15) is 51.4 Å². The second-order valence-corrected chi connectivity index (χ2v) is 5.81. The van der Waals surface area contributed by atoms with Crippen molar-refractivity contribution < 1.29 is 9.90 Å². The van der Waals surface area contributed by atoms with Gasteiger partial charge in [0.15, 0.2) is 0 Å². The summed E-state index contributed by atoms with van der Waals surface area (Å²) in [4.78, 5) is 11.0. The van der Waals surface area contributed by atoms with Crippen LogP contribution in [0.5, 0.6) is 0 Å². The summed E-state index contributed by atoms with van der Waals surface area (Å²) in [6.45, 7) is 0. The van der Waals surface area contributed by atoms with Crippen molar-refractivity contribution in [3.05, 3.63) is 0 Å². The molecule has 0 saturated heterocycles. The zero-order valence-electron chi connectivity index (χ0n) is 8.59. The molecule has 2 heteroatoms. The van der Waals surface area contributed by atoms with Crippen LogP contribution in [0.3, 0.4) is 0 Å². The fraction of sp³-hybridized carbons (Fsp3) is 0.917. The van der Waals surface area contributed by atoms with E-state index in [1.54, 1.807) is 0 Å². The van der Waals surface area contributed by atoms with E-state index in [0.29, 0.717) is 5.41 Å². The van der Waals surface area contributed by atoms with Gasteiger partial charge in [-0.05, 0) is 43.4 Å². The normalized spacial score (nSPS) is 46.6. The first-order valence-electron chi connectivity index (χ1n) is 5.90. The van der Waals surface area contributed by atoms with Crippen molar-refractivity contribution in [3.63, 3.8) is 0 Å². The summed E-state index contributed by atoms with van der Waals surface area (Å²) < 4.78 is 0. The van der Waals surface area contributed by atoms with Crippen molar-refractivity contribution in [2.24, 2.45) is 16.7 Å². The summed E-state index contributed by atoms with van der Waals surface area (Å²) >= 11 is 0. The number of rotatable bonds is 2. The fourth-order valence-corrected chi connectivity index (χ4v) is 4.24. The van der Waals surface area contributed by atoms with Crippen LogP contribution in [0.15, 0.2) is 0 Å². The molecule has 0 aromatic heterocycles. The van der Waals surface area contributed by atoms with E-state index in [4.69, 9.17) is 5.11 Å². The molecule has 4 aliphatic carbocycles. The molecule has 0 radical (unpaired) electrons. The highest BCUT2D eigenvalue weighted by Crippen LogP contribution is 2.77. The van der Waals surface area contributed by atoms with Crippen LogP contribution in [0, 0.1) is 16.7 Å². The second-order valence-electron chi connectivity index (χ2n) is 5.81. The van der Waals surface area contributed by atoms with Crippen LogP contribution in [0.4, 0.5) is 0 Å². The van der Waals surface area contributed by atoms with Crippen molar-refractivity contribution in [2.75, 3.05) is 0 Å². The molecule has 0 amide bonds. The van der Waals surface area contributed by atoms with Gasteiger partial charge in [-0.25, -0.2) is 0 Å². The predicted molar refractivity (Wildman–Crippen MR) is 52.9 cm³/mol. The fourth-order valence-electron chi connectivity index (χ4n) is 4.24. The monoisotopic (exact) mass is 194 g/mol. The molecule has 14 heavy (non-hydrogen) atoms. The molecule has 0 spiro atoms. The third kappa shape index (κ3) is 0.896. The largest absolute Gasteiger partial charge is 0.481 e. The van der Waals surface area contributed by atoms with Crippen LogP contribution < -0.4 is 0 Å². The maximum atomic E-state index is 11.0. The van der Waals surface area contributed by atoms with E-state index in [0.717, 1.165) is 25.2 Å². The van der Waals surface area contributed by atoms with Crippen LogP contribution in [0.2, 0.25) is 0 Å². The Labute approximate surface area is 84.7 Å². The van der Waals surface area contributed by atoms with Crippen molar-refractivity contribution in [3.8, 4) is 0 Å². The quantitative estimate of drug-likeness (QED) is 0.734. The summed E-state index contributed by atoms with van der Waals surface area (Å²) in [6.07, 6.45) is 9.90. The van der Waals surface area contributed by atoms with Gasteiger partial charge in [0, 0.05) is 0 Å². The van der Waals surface area contributed by atoms with Gasteiger partial charge >= 0.3 is 5.97 Å². The molecule has 2 bridgehead atoms. The molecule has 2 nitrogen and oxygen atoms in total. The number of carboxylic acids is 1. The van der Waals surface area contributed by atoms with E-state index in [-0.39, 0.29) is 5.41 Å². The lowest BCUT2D eigenvalue weighted by Gasteiger charge is -2.71. The number of aliphatic carboxylic acids is 1. The average molecular weight is 194 g/mol. The van der Waals surface area contributed by atoms with Gasteiger partial charge in [-0.3, -0.25) is 4.79 Å². The van der Waals surface area contributed by atoms with Gasteiger partial charge in [0.1, 0.15) is 0 Å².